The summed E-state index contributed by atoms with van der Waals surface area (Å²) in [4.78, 5) is 3.60. The molecule has 1 rings (SSSR count). The Morgan fingerprint density at radius 3 is 2.71 bits per heavy atom. The molecule has 0 atom stereocenters. The number of alkyl halides is 2. The summed E-state index contributed by atoms with van der Waals surface area (Å²) in [5.41, 5.74) is 4.82. The highest BCUT2D eigenvalue weighted by Gasteiger charge is 2.17. The van der Waals surface area contributed by atoms with E-state index in [9.17, 15) is 8.78 Å². The van der Waals surface area contributed by atoms with Crippen LogP contribution in [0.3, 0.4) is 0 Å². The molecule has 0 bridgehead atoms. The summed E-state index contributed by atoms with van der Waals surface area (Å²) in [6.45, 7) is -0.160. The van der Waals surface area contributed by atoms with Crippen LogP contribution in [-0.2, 0) is 6.54 Å². The number of pyridine rings is 1. The maximum absolute atomic E-state index is 12.5. The molecule has 2 N–H and O–H groups in total. The maximum Gasteiger partial charge on any atom is 0.264 e. The van der Waals surface area contributed by atoms with Gasteiger partial charge in [-0.2, -0.15) is 5.26 Å². The van der Waals surface area contributed by atoms with Gasteiger partial charge in [0.05, 0.1) is 0 Å². The first kappa shape index (κ1) is 10.8. The average molecular weight is 218 g/mol. The number of halogens is 3. The van der Waals surface area contributed by atoms with Crippen LogP contribution < -0.4 is 5.73 Å². The lowest BCUT2D eigenvalue weighted by Gasteiger charge is -2.08. The molecule has 0 radical (unpaired) electrons. The molecular weight excluding hydrogens is 212 g/mol. The molecule has 0 fully saturated rings. The van der Waals surface area contributed by atoms with Gasteiger partial charge in [-0.05, 0) is 6.07 Å². The normalized spacial score (nSPS) is 10.3. The molecular formula is C8H6ClF2N3. The van der Waals surface area contributed by atoms with E-state index in [2.05, 4.69) is 4.98 Å². The minimum Gasteiger partial charge on any atom is -0.326 e. The van der Waals surface area contributed by atoms with Crippen molar-refractivity contribution < 1.29 is 8.78 Å². The zero-order valence-corrected chi connectivity index (χ0v) is 7.72. The molecule has 1 aromatic rings. The van der Waals surface area contributed by atoms with Crippen molar-refractivity contribution in [2.24, 2.45) is 5.73 Å². The first-order valence-electron chi connectivity index (χ1n) is 3.67. The van der Waals surface area contributed by atoms with Gasteiger partial charge in [-0.15, -0.1) is 0 Å². The van der Waals surface area contributed by atoms with Crippen molar-refractivity contribution in [3.63, 3.8) is 0 Å². The van der Waals surface area contributed by atoms with E-state index < -0.39 is 6.43 Å². The zero-order valence-electron chi connectivity index (χ0n) is 6.97. The van der Waals surface area contributed by atoms with Crippen molar-refractivity contribution in [2.75, 3.05) is 0 Å². The number of nitrogens with two attached hydrogens (primary N) is 1. The second kappa shape index (κ2) is 4.31. The van der Waals surface area contributed by atoms with Crippen molar-refractivity contribution in [2.45, 2.75) is 13.0 Å². The van der Waals surface area contributed by atoms with Gasteiger partial charge >= 0.3 is 0 Å². The topological polar surface area (TPSA) is 62.7 Å². The van der Waals surface area contributed by atoms with E-state index in [-0.39, 0.29) is 28.5 Å². The Morgan fingerprint density at radius 2 is 2.29 bits per heavy atom. The van der Waals surface area contributed by atoms with E-state index >= 15 is 0 Å². The number of nitriles is 1. The lowest BCUT2D eigenvalue weighted by molar-refractivity contribution is 0.150. The molecule has 0 amide bonds. The summed E-state index contributed by atoms with van der Waals surface area (Å²) in [6, 6.07) is 2.70. The molecule has 3 nitrogen and oxygen atoms in total. The number of rotatable bonds is 2. The van der Waals surface area contributed by atoms with Gasteiger partial charge in [0.1, 0.15) is 16.9 Å². The van der Waals surface area contributed by atoms with Gasteiger partial charge in [0.2, 0.25) is 0 Å². The molecule has 1 aromatic heterocycles. The third kappa shape index (κ3) is 1.97. The summed E-state index contributed by atoms with van der Waals surface area (Å²) >= 11 is 5.47. The molecule has 0 aliphatic heterocycles. The van der Waals surface area contributed by atoms with Crippen LogP contribution in [0.2, 0.25) is 5.15 Å². The van der Waals surface area contributed by atoms with E-state index in [0.29, 0.717) is 0 Å². The molecule has 0 saturated carbocycles. The standard InChI is InChI=1S/C8H6ClF2N3/c9-7-1-4(8(10)11)5(2-12)6(3-13)14-7/h1,8H,2,12H2. The molecule has 1 heterocycles. The van der Waals surface area contributed by atoms with Crippen molar-refractivity contribution in [1.82, 2.24) is 4.98 Å². The first-order chi connectivity index (χ1) is 6.60. The lowest BCUT2D eigenvalue weighted by Crippen LogP contribution is -2.07. The molecule has 0 aliphatic rings. The van der Waals surface area contributed by atoms with E-state index in [1.807, 2.05) is 0 Å². The zero-order chi connectivity index (χ0) is 10.7. The van der Waals surface area contributed by atoms with Crippen LogP contribution in [0, 0.1) is 11.3 Å². The molecule has 0 aliphatic carbocycles. The fraction of sp³-hybridized carbons (Fsp3) is 0.250. The summed E-state index contributed by atoms with van der Waals surface area (Å²) in [5, 5.41) is 8.48. The van der Waals surface area contributed by atoms with Crippen molar-refractivity contribution >= 4 is 11.6 Å². The molecule has 0 spiro atoms. The smallest absolute Gasteiger partial charge is 0.264 e. The number of hydrogen-bond donors (Lipinski definition) is 1. The van der Waals surface area contributed by atoms with Crippen molar-refractivity contribution in [1.29, 1.82) is 5.26 Å². The van der Waals surface area contributed by atoms with Crippen LogP contribution >= 0.6 is 11.6 Å². The van der Waals surface area contributed by atoms with Crippen LogP contribution in [0.25, 0.3) is 0 Å². The Labute approximate surface area is 84.1 Å². The van der Waals surface area contributed by atoms with Gasteiger partial charge in [-0.3, -0.25) is 0 Å². The van der Waals surface area contributed by atoms with Gasteiger partial charge in [0.15, 0.2) is 0 Å². The minimum absolute atomic E-state index is 0.0481. The first-order valence-corrected chi connectivity index (χ1v) is 4.05. The third-order valence-corrected chi connectivity index (χ3v) is 1.87. The predicted octanol–water partition coefficient (Wildman–Crippen LogP) is 2.00. The summed E-state index contributed by atoms with van der Waals surface area (Å²) in [6.07, 6.45) is -2.71. The van der Waals surface area contributed by atoms with Gasteiger partial charge in [0.25, 0.3) is 6.43 Å². The Kier molecular flexibility index (Phi) is 3.33. The second-order valence-corrected chi connectivity index (χ2v) is 2.87. The lowest BCUT2D eigenvalue weighted by atomic mass is 10.1. The molecule has 14 heavy (non-hydrogen) atoms. The van der Waals surface area contributed by atoms with Crippen molar-refractivity contribution in [3.05, 3.63) is 28.0 Å². The Hall–Kier alpha value is -1.25. The van der Waals surface area contributed by atoms with Crippen LogP contribution in [0.4, 0.5) is 8.78 Å². The van der Waals surface area contributed by atoms with Gasteiger partial charge in [-0.1, -0.05) is 11.6 Å². The van der Waals surface area contributed by atoms with E-state index in [1.165, 1.54) is 0 Å². The minimum atomic E-state index is -2.71. The van der Waals surface area contributed by atoms with E-state index in [1.54, 1.807) is 6.07 Å². The quantitative estimate of drug-likeness (QED) is 0.771. The summed E-state index contributed by atoms with van der Waals surface area (Å²) in [7, 11) is 0. The van der Waals surface area contributed by atoms with Crippen molar-refractivity contribution in [3.8, 4) is 6.07 Å². The molecule has 0 saturated heterocycles. The van der Waals surface area contributed by atoms with Crippen LogP contribution in [-0.4, -0.2) is 4.98 Å². The van der Waals surface area contributed by atoms with Crippen LogP contribution in [0.1, 0.15) is 23.2 Å². The van der Waals surface area contributed by atoms with Crippen LogP contribution in [0.5, 0.6) is 0 Å². The SMILES string of the molecule is N#Cc1nc(Cl)cc(C(F)F)c1CN. The average Bonchev–Trinajstić information content (AvgIpc) is 2.16. The number of hydrogen-bond acceptors (Lipinski definition) is 3. The predicted molar refractivity (Wildman–Crippen MR) is 46.8 cm³/mol. The Balaban J connectivity index is 3.41. The highest BCUT2D eigenvalue weighted by molar-refractivity contribution is 6.29. The highest BCUT2D eigenvalue weighted by Crippen LogP contribution is 2.26. The highest BCUT2D eigenvalue weighted by atomic mass is 35.5. The molecule has 0 aromatic carbocycles. The Morgan fingerprint density at radius 1 is 1.64 bits per heavy atom. The number of nitrogens with zero attached hydrogens (tertiary/aromatic N) is 2. The maximum atomic E-state index is 12.5. The van der Waals surface area contributed by atoms with Gasteiger partial charge in [0, 0.05) is 17.7 Å². The fourth-order valence-electron chi connectivity index (χ4n) is 1.06. The van der Waals surface area contributed by atoms with Crippen LogP contribution in [0.15, 0.2) is 6.07 Å². The third-order valence-electron chi connectivity index (χ3n) is 1.67. The molecule has 0 unspecified atom stereocenters. The monoisotopic (exact) mass is 217 g/mol. The second-order valence-electron chi connectivity index (χ2n) is 2.48. The number of aromatic nitrogens is 1. The summed E-state index contributed by atoms with van der Waals surface area (Å²) in [5.74, 6) is 0. The molecule has 74 valence electrons. The fourth-order valence-corrected chi connectivity index (χ4v) is 1.26. The van der Waals surface area contributed by atoms with Gasteiger partial charge < -0.3 is 5.73 Å². The molecule has 6 heteroatoms. The van der Waals surface area contributed by atoms with E-state index in [4.69, 9.17) is 22.6 Å². The van der Waals surface area contributed by atoms with E-state index in [0.717, 1.165) is 6.07 Å². The van der Waals surface area contributed by atoms with Gasteiger partial charge in [-0.25, -0.2) is 13.8 Å². The largest absolute Gasteiger partial charge is 0.326 e. The Bertz CT molecular complexity index is 387. The summed E-state index contributed by atoms with van der Waals surface area (Å²) < 4.78 is 24.9.